The van der Waals surface area contributed by atoms with E-state index >= 15 is 0 Å². The molecule has 0 bridgehead atoms. The average molecular weight is 535 g/mol. The molecule has 2 saturated heterocycles. The van der Waals surface area contributed by atoms with Gasteiger partial charge in [0, 0.05) is 45.0 Å². The number of nitrogens with zero attached hydrogens (tertiary/aromatic N) is 4. The molecule has 0 unspecified atom stereocenters. The standard InChI is InChI=1S/C25H31FN4O4S2/c26-21-4-1-3-20(17-21)19-35-25-27-23-18-22(36(31,32)29-11-15-34-16-12-29)5-6-24(23)30(25)8-2-7-28-9-13-33-14-10-28/h1,3-6,17-18H,2,7-16,19H2. The molecule has 0 atom stereocenters. The first-order valence-electron chi connectivity index (χ1n) is 12.3. The van der Waals surface area contributed by atoms with Crippen LogP contribution in [-0.2, 0) is 31.8 Å². The van der Waals surface area contributed by atoms with Gasteiger partial charge in [-0.2, -0.15) is 4.31 Å². The number of aryl methyl sites for hydroxylation is 1. The zero-order chi connectivity index (χ0) is 25.0. The van der Waals surface area contributed by atoms with E-state index in [0.29, 0.717) is 37.6 Å². The van der Waals surface area contributed by atoms with Crippen molar-refractivity contribution in [2.75, 3.05) is 59.2 Å². The second-order valence-corrected chi connectivity index (χ2v) is 11.8. The van der Waals surface area contributed by atoms with Crippen LogP contribution < -0.4 is 0 Å². The maximum atomic E-state index is 13.7. The van der Waals surface area contributed by atoms with Crippen molar-refractivity contribution in [1.29, 1.82) is 0 Å². The van der Waals surface area contributed by atoms with E-state index in [-0.39, 0.29) is 10.7 Å². The van der Waals surface area contributed by atoms with Crippen LogP contribution in [0.5, 0.6) is 0 Å². The van der Waals surface area contributed by atoms with Crippen LogP contribution in [0.15, 0.2) is 52.5 Å². The highest BCUT2D eigenvalue weighted by molar-refractivity contribution is 7.98. The quantitative estimate of drug-likeness (QED) is 0.390. The number of hydrogen-bond donors (Lipinski definition) is 0. The molecule has 2 aromatic carbocycles. The lowest BCUT2D eigenvalue weighted by atomic mass is 10.2. The summed E-state index contributed by atoms with van der Waals surface area (Å²) >= 11 is 1.54. The van der Waals surface area contributed by atoms with E-state index in [1.807, 2.05) is 12.1 Å². The van der Waals surface area contributed by atoms with Gasteiger partial charge < -0.3 is 14.0 Å². The Kier molecular flexibility index (Phi) is 8.24. The van der Waals surface area contributed by atoms with Gasteiger partial charge in [-0.15, -0.1) is 0 Å². The molecule has 3 aromatic rings. The van der Waals surface area contributed by atoms with Crippen LogP contribution in [0.3, 0.4) is 0 Å². The van der Waals surface area contributed by atoms with Crippen molar-refractivity contribution in [3.05, 3.63) is 53.8 Å². The van der Waals surface area contributed by atoms with Crippen LogP contribution in [0.25, 0.3) is 11.0 Å². The fraction of sp³-hybridized carbons (Fsp3) is 0.480. The van der Waals surface area contributed by atoms with Crippen LogP contribution in [-0.4, -0.2) is 86.3 Å². The highest BCUT2D eigenvalue weighted by atomic mass is 32.2. The molecule has 2 fully saturated rings. The molecule has 8 nitrogen and oxygen atoms in total. The molecule has 3 heterocycles. The van der Waals surface area contributed by atoms with Crippen molar-refractivity contribution in [3.8, 4) is 0 Å². The SMILES string of the molecule is O=S(=O)(c1ccc2c(c1)nc(SCc1cccc(F)c1)n2CCCN1CCOCC1)N1CCOCC1. The molecule has 0 amide bonds. The fourth-order valence-corrected chi connectivity index (χ4v) is 6.97. The zero-order valence-electron chi connectivity index (χ0n) is 20.1. The maximum Gasteiger partial charge on any atom is 0.243 e. The summed E-state index contributed by atoms with van der Waals surface area (Å²) in [5.41, 5.74) is 2.43. The second kappa shape index (κ2) is 11.6. The molecule has 0 aliphatic carbocycles. The highest BCUT2D eigenvalue weighted by Crippen LogP contribution is 2.30. The molecule has 5 rings (SSSR count). The Labute approximate surface area is 215 Å². The van der Waals surface area contributed by atoms with Gasteiger partial charge in [-0.05, 0) is 42.3 Å². The Bertz CT molecular complexity index is 1290. The molecule has 0 N–H and O–H groups in total. The summed E-state index contributed by atoms with van der Waals surface area (Å²) in [6, 6.07) is 11.8. The molecule has 2 aliphatic rings. The number of aromatic nitrogens is 2. The van der Waals surface area contributed by atoms with E-state index in [2.05, 4.69) is 9.47 Å². The Morgan fingerprint density at radius 2 is 1.69 bits per heavy atom. The largest absolute Gasteiger partial charge is 0.379 e. The Morgan fingerprint density at radius 1 is 0.944 bits per heavy atom. The van der Waals surface area contributed by atoms with Crippen LogP contribution >= 0.6 is 11.8 Å². The lowest BCUT2D eigenvalue weighted by molar-refractivity contribution is 0.0369. The van der Waals surface area contributed by atoms with Gasteiger partial charge in [-0.1, -0.05) is 23.9 Å². The second-order valence-electron chi connectivity index (χ2n) is 8.94. The van der Waals surface area contributed by atoms with E-state index in [0.717, 1.165) is 62.1 Å². The first-order valence-corrected chi connectivity index (χ1v) is 14.7. The summed E-state index contributed by atoms with van der Waals surface area (Å²) in [5.74, 6) is 0.314. The fourth-order valence-electron chi connectivity index (χ4n) is 4.56. The van der Waals surface area contributed by atoms with Crippen molar-refractivity contribution in [3.63, 3.8) is 0 Å². The number of ether oxygens (including phenoxy) is 2. The molecular weight excluding hydrogens is 503 g/mol. The van der Waals surface area contributed by atoms with Crippen molar-refractivity contribution >= 4 is 32.8 Å². The van der Waals surface area contributed by atoms with E-state index in [4.69, 9.17) is 14.5 Å². The summed E-state index contributed by atoms with van der Waals surface area (Å²) in [4.78, 5) is 7.47. The third-order valence-electron chi connectivity index (χ3n) is 6.51. The lowest BCUT2D eigenvalue weighted by Gasteiger charge is -2.26. The molecule has 1 aromatic heterocycles. The first kappa shape index (κ1) is 25.6. The minimum atomic E-state index is -3.61. The topological polar surface area (TPSA) is 76.9 Å². The number of imidazole rings is 1. The van der Waals surface area contributed by atoms with Gasteiger partial charge in [-0.3, -0.25) is 4.90 Å². The normalized spacial score (nSPS) is 18.1. The summed E-state index contributed by atoms with van der Waals surface area (Å²) in [6.07, 6.45) is 0.937. The van der Waals surface area contributed by atoms with Gasteiger partial charge in [0.2, 0.25) is 10.0 Å². The van der Waals surface area contributed by atoms with Gasteiger partial charge in [-0.25, -0.2) is 17.8 Å². The molecule has 194 valence electrons. The predicted molar refractivity (Wildman–Crippen MR) is 137 cm³/mol. The Balaban J connectivity index is 1.40. The van der Waals surface area contributed by atoms with Crippen molar-refractivity contribution in [1.82, 2.24) is 18.8 Å². The van der Waals surface area contributed by atoms with E-state index in [9.17, 15) is 12.8 Å². The average Bonchev–Trinajstić information content (AvgIpc) is 3.25. The monoisotopic (exact) mass is 534 g/mol. The minimum absolute atomic E-state index is 0.247. The van der Waals surface area contributed by atoms with Crippen LogP contribution in [0.1, 0.15) is 12.0 Å². The summed E-state index contributed by atoms with van der Waals surface area (Å²) < 4.78 is 54.5. The highest BCUT2D eigenvalue weighted by Gasteiger charge is 2.27. The smallest absolute Gasteiger partial charge is 0.243 e. The number of rotatable bonds is 9. The van der Waals surface area contributed by atoms with Crippen LogP contribution in [0.4, 0.5) is 4.39 Å². The van der Waals surface area contributed by atoms with E-state index in [1.165, 1.54) is 28.2 Å². The number of hydrogen-bond acceptors (Lipinski definition) is 7. The van der Waals surface area contributed by atoms with E-state index < -0.39 is 10.0 Å². The van der Waals surface area contributed by atoms with Gasteiger partial charge >= 0.3 is 0 Å². The Morgan fingerprint density at radius 3 is 2.44 bits per heavy atom. The molecule has 2 aliphatic heterocycles. The number of thioether (sulfide) groups is 1. The minimum Gasteiger partial charge on any atom is -0.379 e. The molecule has 36 heavy (non-hydrogen) atoms. The van der Waals surface area contributed by atoms with Gasteiger partial charge in [0.05, 0.1) is 42.4 Å². The summed E-state index contributed by atoms with van der Waals surface area (Å²) in [6.45, 7) is 6.64. The molecule has 11 heteroatoms. The summed E-state index contributed by atoms with van der Waals surface area (Å²) in [5, 5.41) is 0.803. The number of halogens is 1. The van der Waals surface area contributed by atoms with Gasteiger partial charge in [0.1, 0.15) is 5.82 Å². The maximum absolute atomic E-state index is 13.7. The molecule has 0 spiro atoms. The van der Waals surface area contributed by atoms with Crippen molar-refractivity contribution < 1.29 is 22.3 Å². The molecule has 0 radical (unpaired) electrons. The first-order chi connectivity index (χ1) is 17.5. The number of sulfonamides is 1. The molecular formula is C25H31FN4O4S2. The van der Waals surface area contributed by atoms with E-state index in [1.54, 1.807) is 18.2 Å². The third-order valence-corrected chi connectivity index (χ3v) is 9.45. The summed E-state index contributed by atoms with van der Waals surface area (Å²) in [7, 11) is -3.61. The lowest BCUT2D eigenvalue weighted by Crippen LogP contribution is -2.40. The van der Waals surface area contributed by atoms with Crippen LogP contribution in [0, 0.1) is 5.82 Å². The molecule has 0 saturated carbocycles. The zero-order valence-corrected chi connectivity index (χ0v) is 21.8. The predicted octanol–water partition coefficient (Wildman–Crippen LogP) is 3.21. The Hall–Kier alpha value is -2.02. The number of fused-ring (bicyclic) bond motifs is 1. The van der Waals surface area contributed by atoms with Crippen molar-refractivity contribution in [2.24, 2.45) is 0 Å². The third kappa shape index (κ3) is 5.92. The van der Waals surface area contributed by atoms with Crippen molar-refractivity contribution in [2.45, 2.75) is 28.8 Å². The van der Waals surface area contributed by atoms with Gasteiger partial charge in [0.15, 0.2) is 5.16 Å². The van der Waals surface area contributed by atoms with Crippen LogP contribution in [0.2, 0.25) is 0 Å². The number of benzene rings is 2. The number of morpholine rings is 2. The van der Waals surface area contributed by atoms with Gasteiger partial charge in [0.25, 0.3) is 0 Å².